The molecule has 0 unspecified atom stereocenters. The summed E-state index contributed by atoms with van der Waals surface area (Å²) in [6, 6.07) is 12.3. The zero-order valence-corrected chi connectivity index (χ0v) is 17.5. The van der Waals surface area contributed by atoms with Crippen LogP contribution in [0.25, 0.3) is 0 Å². The monoisotopic (exact) mass is 438 g/mol. The van der Waals surface area contributed by atoms with Gasteiger partial charge in [0, 0.05) is 13.0 Å². The van der Waals surface area contributed by atoms with Crippen LogP contribution in [0, 0.1) is 0 Å². The van der Waals surface area contributed by atoms with Crippen molar-refractivity contribution in [2.45, 2.75) is 19.8 Å². The standard InChI is InChI=1S/C23H22N2O7/c1-2-31-20(27)8-5-13-24-19(26)14-32-23(30)15-9-11-16(12-10-15)25-21(28)17-6-3-4-7-18(17)22(25)29/h3-4,6-7,9-12H,2,5,8,13-14H2,1H3,(H,24,26). The van der Waals surface area contributed by atoms with Gasteiger partial charge < -0.3 is 14.8 Å². The Morgan fingerprint density at radius 2 is 1.53 bits per heavy atom. The summed E-state index contributed by atoms with van der Waals surface area (Å²) < 4.78 is 9.76. The lowest BCUT2D eigenvalue weighted by molar-refractivity contribution is -0.143. The van der Waals surface area contributed by atoms with Gasteiger partial charge in [-0.2, -0.15) is 0 Å². The number of rotatable bonds is 9. The highest BCUT2D eigenvalue weighted by Crippen LogP contribution is 2.28. The number of nitrogens with one attached hydrogen (secondary N) is 1. The Morgan fingerprint density at radius 3 is 2.12 bits per heavy atom. The first kappa shape index (κ1) is 22.7. The molecule has 0 spiro atoms. The van der Waals surface area contributed by atoms with E-state index in [0.29, 0.717) is 29.8 Å². The molecule has 0 atom stereocenters. The summed E-state index contributed by atoms with van der Waals surface area (Å²) in [7, 11) is 0. The molecule has 0 saturated heterocycles. The van der Waals surface area contributed by atoms with E-state index in [4.69, 9.17) is 9.47 Å². The van der Waals surface area contributed by atoms with Gasteiger partial charge in [0.25, 0.3) is 17.7 Å². The van der Waals surface area contributed by atoms with Crippen molar-refractivity contribution in [3.05, 3.63) is 65.2 Å². The lowest BCUT2D eigenvalue weighted by Gasteiger charge is -2.14. The number of carbonyl (C=O) groups excluding carboxylic acids is 5. The number of hydrogen-bond acceptors (Lipinski definition) is 7. The summed E-state index contributed by atoms with van der Waals surface area (Å²) in [4.78, 5) is 61.3. The third-order valence-corrected chi connectivity index (χ3v) is 4.67. The van der Waals surface area contributed by atoms with Gasteiger partial charge in [0.2, 0.25) is 0 Å². The van der Waals surface area contributed by atoms with Crippen LogP contribution in [0.1, 0.15) is 50.8 Å². The van der Waals surface area contributed by atoms with Gasteiger partial charge in [-0.25, -0.2) is 9.69 Å². The van der Waals surface area contributed by atoms with Crippen LogP contribution in [-0.4, -0.2) is 49.4 Å². The van der Waals surface area contributed by atoms with E-state index in [0.717, 1.165) is 4.90 Å². The fraction of sp³-hybridized carbons (Fsp3) is 0.261. The summed E-state index contributed by atoms with van der Waals surface area (Å²) in [6.45, 7) is 1.80. The Kier molecular flexibility index (Phi) is 7.33. The molecule has 1 heterocycles. The zero-order valence-electron chi connectivity index (χ0n) is 17.5. The SMILES string of the molecule is CCOC(=O)CCCNC(=O)COC(=O)c1ccc(N2C(=O)c3ccccc3C2=O)cc1. The van der Waals surface area contributed by atoms with E-state index in [-0.39, 0.29) is 24.5 Å². The van der Waals surface area contributed by atoms with Gasteiger partial charge in [-0.15, -0.1) is 0 Å². The summed E-state index contributed by atoms with van der Waals surface area (Å²) >= 11 is 0. The normalized spacial score (nSPS) is 12.3. The van der Waals surface area contributed by atoms with Crippen LogP contribution in [0.3, 0.4) is 0 Å². The molecule has 1 N–H and O–H groups in total. The summed E-state index contributed by atoms with van der Waals surface area (Å²) in [5, 5.41) is 2.55. The quantitative estimate of drug-likeness (QED) is 0.362. The molecule has 9 heteroatoms. The Labute approximate surface area is 184 Å². The summed E-state index contributed by atoms with van der Waals surface area (Å²) in [5.74, 6) is -2.41. The van der Waals surface area contributed by atoms with Crippen molar-refractivity contribution in [2.24, 2.45) is 0 Å². The maximum atomic E-state index is 12.5. The smallest absolute Gasteiger partial charge is 0.338 e. The zero-order chi connectivity index (χ0) is 23.1. The van der Waals surface area contributed by atoms with Crippen LogP contribution in [0.15, 0.2) is 48.5 Å². The number of anilines is 1. The van der Waals surface area contributed by atoms with Crippen LogP contribution >= 0.6 is 0 Å². The number of esters is 2. The third kappa shape index (κ3) is 5.18. The Hall–Kier alpha value is -4.01. The van der Waals surface area contributed by atoms with E-state index in [1.807, 2.05) is 0 Å². The predicted molar refractivity (Wildman–Crippen MR) is 113 cm³/mol. The second-order valence-corrected chi connectivity index (χ2v) is 6.87. The van der Waals surface area contributed by atoms with Crippen molar-refractivity contribution >= 4 is 35.3 Å². The number of carbonyl (C=O) groups is 5. The molecule has 1 aliphatic rings. The molecule has 9 nitrogen and oxygen atoms in total. The molecule has 166 valence electrons. The Bertz CT molecular complexity index is 1010. The highest BCUT2D eigenvalue weighted by Gasteiger charge is 2.36. The number of nitrogens with zero attached hydrogens (tertiary/aromatic N) is 1. The van der Waals surface area contributed by atoms with Crippen molar-refractivity contribution in [1.29, 1.82) is 0 Å². The average Bonchev–Trinajstić information content (AvgIpc) is 3.05. The van der Waals surface area contributed by atoms with E-state index in [1.54, 1.807) is 31.2 Å². The number of imide groups is 1. The second-order valence-electron chi connectivity index (χ2n) is 6.87. The largest absolute Gasteiger partial charge is 0.466 e. The maximum Gasteiger partial charge on any atom is 0.338 e. The molecule has 0 saturated carbocycles. The second kappa shape index (κ2) is 10.3. The number of benzene rings is 2. The van der Waals surface area contributed by atoms with Gasteiger partial charge in [0.1, 0.15) is 0 Å². The number of amides is 3. The fourth-order valence-electron chi connectivity index (χ4n) is 3.13. The van der Waals surface area contributed by atoms with E-state index in [1.165, 1.54) is 24.3 Å². The van der Waals surface area contributed by atoms with E-state index < -0.39 is 30.3 Å². The van der Waals surface area contributed by atoms with Gasteiger partial charge in [0.15, 0.2) is 6.61 Å². The first-order chi connectivity index (χ1) is 15.4. The molecule has 0 aromatic heterocycles. The van der Waals surface area contributed by atoms with Crippen molar-refractivity contribution < 1.29 is 33.4 Å². The van der Waals surface area contributed by atoms with Crippen molar-refractivity contribution in [3.63, 3.8) is 0 Å². The molecular weight excluding hydrogens is 416 g/mol. The van der Waals surface area contributed by atoms with Crippen molar-refractivity contribution in [2.75, 3.05) is 24.7 Å². The molecule has 0 fully saturated rings. The van der Waals surface area contributed by atoms with Gasteiger partial charge in [-0.3, -0.25) is 19.2 Å². The van der Waals surface area contributed by atoms with Crippen LogP contribution in [0.5, 0.6) is 0 Å². The lowest BCUT2D eigenvalue weighted by Crippen LogP contribution is -2.30. The minimum atomic E-state index is -0.722. The molecule has 2 aromatic carbocycles. The van der Waals surface area contributed by atoms with Crippen LogP contribution in [0.4, 0.5) is 5.69 Å². The first-order valence-electron chi connectivity index (χ1n) is 10.1. The van der Waals surface area contributed by atoms with Gasteiger partial charge in [0.05, 0.1) is 29.0 Å². The molecule has 0 bridgehead atoms. The molecule has 2 aromatic rings. The summed E-state index contributed by atoms with van der Waals surface area (Å²) in [5.41, 5.74) is 1.15. The molecule has 1 aliphatic heterocycles. The van der Waals surface area contributed by atoms with E-state index in [9.17, 15) is 24.0 Å². The van der Waals surface area contributed by atoms with E-state index in [2.05, 4.69) is 5.32 Å². The molecule has 0 radical (unpaired) electrons. The summed E-state index contributed by atoms with van der Waals surface area (Å²) in [6.07, 6.45) is 0.602. The fourth-order valence-corrected chi connectivity index (χ4v) is 3.13. The lowest BCUT2D eigenvalue weighted by atomic mass is 10.1. The van der Waals surface area contributed by atoms with Crippen molar-refractivity contribution in [1.82, 2.24) is 5.32 Å². The minimum Gasteiger partial charge on any atom is -0.466 e. The Morgan fingerprint density at radius 1 is 0.906 bits per heavy atom. The van der Waals surface area contributed by atoms with Gasteiger partial charge in [-0.05, 0) is 49.7 Å². The van der Waals surface area contributed by atoms with Crippen LogP contribution < -0.4 is 10.2 Å². The number of fused-ring (bicyclic) bond motifs is 1. The average molecular weight is 438 g/mol. The minimum absolute atomic E-state index is 0.167. The van der Waals surface area contributed by atoms with E-state index >= 15 is 0 Å². The predicted octanol–water partition coefficient (Wildman–Crippen LogP) is 2.10. The van der Waals surface area contributed by atoms with Crippen LogP contribution in [0.2, 0.25) is 0 Å². The highest BCUT2D eigenvalue weighted by molar-refractivity contribution is 6.34. The van der Waals surface area contributed by atoms with Gasteiger partial charge in [-0.1, -0.05) is 12.1 Å². The molecule has 32 heavy (non-hydrogen) atoms. The van der Waals surface area contributed by atoms with Gasteiger partial charge >= 0.3 is 11.9 Å². The van der Waals surface area contributed by atoms with Crippen molar-refractivity contribution in [3.8, 4) is 0 Å². The molecule has 3 amide bonds. The maximum absolute atomic E-state index is 12.5. The Balaban J connectivity index is 1.49. The molecule has 3 rings (SSSR count). The highest BCUT2D eigenvalue weighted by atomic mass is 16.5. The number of hydrogen-bond donors (Lipinski definition) is 1. The first-order valence-corrected chi connectivity index (χ1v) is 10.1. The number of ether oxygens (including phenoxy) is 2. The van der Waals surface area contributed by atoms with Crippen LogP contribution in [-0.2, 0) is 19.1 Å². The topological polar surface area (TPSA) is 119 Å². The molecule has 0 aliphatic carbocycles. The molecular formula is C23H22N2O7. The third-order valence-electron chi connectivity index (χ3n) is 4.67.